The summed E-state index contributed by atoms with van der Waals surface area (Å²) in [6.45, 7) is 2.30. The third-order valence-electron chi connectivity index (χ3n) is 7.60. The highest BCUT2D eigenvalue weighted by Gasteiger charge is 2.31. The monoisotopic (exact) mass is 440 g/mol. The van der Waals surface area contributed by atoms with Gasteiger partial charge in [0, 0.05) is 8.80 Å². The van der Waals surface area contributed by atoms with Gasteiger partial charge in [-0.25, -0.2) is 0 Å². The van der Waals surface area contributed by atoms with E-state index >= 15 is 0 Å². The molecule has 0 aromatic heterocycles. The van der Waals surface area contributed by atoms with Crippen molar-refractivity contribution in [2.45, 2.75) is 108 Å². The fraction of sp³-hybridized carbons (Fsp3) is 0.760. The molecule has 0 bridgehead atoms. The number of unbranched alkanes of at least 4 members (excludes halogenated alkanes) is 2. The van der Waals surface area contributed by atoms with Gasteiger partial charge in [-0.1, -0.05) is 82.1 Å². The Bertz CT molecular complexity index is 600. The van der Waals surface area contributed by atoms with Gasteiger partial charge in [0.25, 0.3) is 0 Å². The molecule has 1 heterocycles. The molecule has 170 valence electrons. The van der Waals surface area contributed by atoms with Gasteiger partial charge in [-0.2, -0.15) is 0 Å². The Balaban J connectivity index is 1.32. The number of rotatable bonds is 9. The first-order chi connectivity index (χ1) is 14.4. The van der Waals surface area contributed by atoms with Crippen LogP contribution in [0.2, 0.25) is 18.1 Å². The molecular weight excluding hydrogens is 401 g/mol. The Morgan fingerprint density at radius 1 is 0.867 bits per heavy atom. The Morgan fingerprint density at radius 3 is 2.03 bits per heavy atom. The minimum atomic E-state index is -4.62. The molecule has 30 heavy (non-hydrogen) atoms. The molecule has 1 aliphatic carbocycles. The Kier molecular flexibility index (Phi) is 9.15. The molecule has 1 nitrogen and oxygen atoms in total. The van der Waals surface area contributed by atoms with Crippen LogP contribution in [-0.2, 0) is 0 Å². The predicted molar refractivity (Wildman–Crippen MR) is 121 cm³/mol. The second kappa shape index (κ2) is 11.6. The molecule has 1 aromatic carbocycles. The fourth-order valence-electron chi connectivity index (χ4n) is 5.69. The van der Waals surface area contributed by atoms with Crippen LogP contribution in [0.3, 0.4) is 0 Å². The number of halogens is 3. The summed E-state index contributed by atoms with van der Waals surface area (Å²) in [7, 11) is -0.386. The van der Waals surface area contributed by atoms with Gasteiger partial charge in [0.05, 0.1) is 0 Å². The summed E-state index contributed by atoms with van der Waals surface area (Å²) in [5.41, 5.74) is 1.16. The zero-order chi connectivity index (χ0) is 21.4. The highest BCUT2D eigenvalue weighted by molar-refractivity contribution is 6.58. The summed E-state index contributed by atoms with van der Waals surface area (Å²) in [5.74, 6) is 2.21. The fourth-order valence-corrected chi connectivity index (χ4v) is 9.31. The van der Waals surface area contributed by atoms with E-state index in [1.165, 1.54) is 82.8 Å². The van der Waals surface area contributed by atoms with Crippen LogP contribution in [0, 0.1) is 11.8 Å². The molecular formula is C25H39F3OSi. The first-order valence-corrected chi connectivity index (χ1v) is 14.7. The summed E-state index contributed by atoms with van der Waals surface area (Å²) < 4.78 is 40.9. The maximum Gasteiger partial charge on any atom is 0.573 e. The van der Waals surface area contributed by atoms with Crippen molar-refractivity contribution in [1.82, 2.24) is 0 Å². The molecule has 0 unspecified atom stereocenters. The van der Waals surface area contributed by atoms with Crippen LogP contribution in [-0.4, -0.2) is 15.2 Å². The Morgan fingerprint density at radius 2 is 1.47 bits per heavy atom. The van der Waals surface area contributed by atoms with E-state index in [4.69, 9.17) is 0 Å². The van der Waals surface area contributed by atoms with Crippen LogP contribution in [0.5, 0.6) is 5.75 Å². The van der Waals surface area contributed by atoms with Crippen molar-refractivity contribution in [1.29, 1.82) is 0 Å². The number of ether oxygens (including phenoxy) is 1. The van der Waals surface area contributed by atoms with Crippen molar-refractivity contribution in [2.75, 3.05) is 0 Å². The van der Waals surface area contributed by atoms with Crippen LogP contribution < -0.4 is 4.74 Å². The number of hydrogen-bond acceptors (Lipinski definition) is 1. The number of alkyl halides is 3. The summed E-state index contributed by atoms with van der Waals surface area (Å²) >= 11 is 0. The molecule has 1 aromatic rings. The van der Waals surface area contributed by atoms with E-state index in [9.17, 15) is 13.2 Å². The SMILES string of the molecule is CCCCC[SiH]1CCC(CCC2CCC(c3ccc(OC(F)(F)F)cc3)CC2)CC1. The van der Waals surface area contributed by atoms with Gasteiger partial charge in [0.1, 0.15) is 5.75 Å². The van der Waals surface area contributed by atoms with Crippen molar-refractivity contribution in [3.05, 3.63) is 29.8 Å². The van der Waals surface area contributed by atoms with Gasteiger partial charge in [-0.3, -0.25) is 0 Å². The molecule has 0 N–H and O–H groups in total. The second-order valence-electron chi connectivity index (χ2n) is 9.79. The molecule has 2 aliphatic rings. The number of hydrogen-bond donors (Lipinski definition) is 0. The first-order valence-electron chi connectivity index (χ1n) is 12.3. The third-order valence-corrected chi connectivity index (χ3v) is 11.1. The van der Waals surface area contributed by atoms with Crippen LogP contribution in [0.1, 0.15) is 89.0 Å². The summed E-state index contributed by atoms with van der Waals surface area (Å²) in [6.07, 6.45) is 10.4. The summed E-state index contributed by atoms with van der Waals surface area (Å²) in [4.78, 5) is 0. The Labute approximate surface area is 182 Å². The van der Waals surface area contributed by atoms with E-state index in [0.717, 1.165) is 17.4 Å². The lowest BCUT2D eigenvalue weighted by atomic mass is 9.76. The minimum Gasteiger partial charge on any atom is -0.406 e. The standard InChI is InChI=1S/C25H39F3OSi/c1-2-3-4-17-30-18-15-21(16-19-30)6-5-20-7-9-22(10-8-20)23-11-13-24(14-12-23)29-25(26,27)28/h11-14,20-22,30H,2-10,15-19H2,1H3. The van der Waals surface area contributed by atoms with Gasteiger partial charge in [-0.15, -0.1) is 13.2 Å². The van der Waals surface area contributed by atoms with E-state index in [-0.39, 0.29) is 14.5 Å². The van der Waals surface area contributed by atoms with E-state index < -0.39 is 6.36 Å². The second-order valence-corrected chi connectivity index (χ2v) is 13.3. The molecule has 0 amide bonds. The van der Waals surface area contributed by atoms with E-state index in [1.54, 1.807) is 18.1 Å². The van der Waals surface area contributed by atoms with Crippen molar-refractivity contribution in [3.8, 4) is 5.75 Å². The lowest BCUT2D eigenvalue weighted by molar-refractivity contribution is -0.274. The van der Waals surface area contributed by atoms with Crippen molar-refractivity contribution in [2.24, 2.45) is 11.8 Å². The maximum atomic E-state index is 12.3. The van der Waals surface area contributed by atoms with Crippen molar-refractivity contribution in [3.63, 3.8) is 0 Å². The van der Waals surface area contributed by atoms with Crippen molar-refractivity contribution < 1.29 is 17.9 Å². The zero-order valence-electron chi connectivity index (χ0n) is 18.6. The molecule has 2 fully saturated rings. The molecule has 0 atom stereocenters. The lowest BCUT2D eigenvalue weighted by Crippen LogP contribution is -2.22. The largest absolute Gasteiger partial charge is 0.573 e. The van der Waals surface area contributed by atoms with E-state index in [0.29, 0.717) is 5.92 Å². The first kappa shape index (κ1) is 23.7. The highest BCUT2D eigenvalue weighted by atomic mass is 28.3. The van der Waals surface area contributed by atoms with E-state index in [2.05, 4.69) is 11.7 Å². The highest BCUT2D eigenvalue weighted by Crippen LogP contribution is 2.40. The molecule has 5 heteroatoms. The summed E-state index contributed by atoms with van der Waals surface area (Å²) in [5, 5.41) is 0. The zero-order valence-corrected chi connectivity index (χ0v) is 19.7. The molecule has 1 saturated carbocycles. The quantitative estimate of drug-likeness (QED) is 0.276. The average molecular weight is 441 g/mol. The van der Waals surface area contributed by atoms with Gasteiger partial charge in [-0.05, 0) is 61.1 Å². The van der Waals surface area contributed by atoms with Crippen molar-refractivity contribution >= 4 is 8.80 Å². The van der Waals surface area contributed by atoms with Crippen LogP contribution in [0.25, 0.3) is 0 Å². The molecule has 1 aliphatic heterocycles. The van der Waals surface area contributed by atoms with Gasteiger partial charge in [0.2, 0.25) is 0 Å². The molecule has 0 spiro atoms. The Hall–Kier alpha value is -0.973. The van der Waals surface area contributed by atoms with Crippen LogP contribution in [0.4, 0.5) is 13.2 Å². The van der Waals surface area contributed by atoms with E-state index in [1.807, 2.05) is 12.1 Å². The lowest BCUT2D eigenvalue weighted by Gasteiger charge is -2.32. The normalized spacial score (nSPS) is 27.7. The topological polar surface area (TPSA) is 9.23 Å². The summed E-state index contributed by atoms with van der Waals surface area (Å²) in [6, 6.07) is 11.3. The van der Waals surface area contributed by atoms with Crippen LogP contribution >= 0.6 is 0 Å². The van der Waals surface area contributed by atoms with Gasteiger partial charge in [0.15, 0.2) is 0 Å². The maximum absolute atomic E-state index is 12.3. The smallest absolute Gasteiger partial charge is 0.406 e. The minimum absolute atomic E-state index is 0.122. The van der Waals surface area contributed by atoms with Gasteiger partial charge >= 0.3 is 6.36 Å². The molecule has 3 rings (SSSR count). The molecule has 1 saturated heterocycles. The predicted octanol–water partition coefficient (Wildman–Crippen LogP) is 8.47. The molecule has 0 radical (unpaired) electrons. The third kappa shape index (κ3) is 7.94. The number of benzene rings is 1. The average Bonchev–Trinajstić information content (AvgIpc) is 2.73. The van der Waals surface area contributed by atoms with Gasteiger partial charge < -0.3 is 4.74 Å². The van der Waals surface area contributed by atoms with Crippen LogP contribution in [0.15, 0.2) is 24.3 Å².